The number of benzene rings is 3. The molecule has 0 saturated carbocycles. The van der Waals surface area contributed by atoms with Crippen LogP contribution in [0.15, 0.2) is 66.7 Å². The molecule has 1 N–H and O–H groups in total. The van der Waals surface area contributed by atoms with Crippen LogP contribution in [-0.2, 0) is 32.1 Å². The molecule has 3 heterocycles. The zero-order chi connectivity index (χ0) is 33.2. The fourth-order valence-electron chi connectivity index (χ4n) is 5.90. The SMILES string of the molecule is COCCCN1CC(=O)N[C@H]2CN(C(=O)c3cccc(OC)c3)CC[C@H]2OCc2cccc(c2)Oc2ccc(cc2OC)CCC1=O. The first kappa shape index (κ1) is 33.7. The minimum atomic E-state index is -0.497. The predicted molar refractivity (Wildman–Crippen MR) is 175 cm³/mol. The Hall–Kier alpha value is -4.61. The van der Waals surface area contributed by atoms with Crippen LogP contribution in [0.5, 0.6) is 23.0 Å². The van der Waals surface area contributed by atoms with Gasteiger partial charge in [0, 0.05) is 45.3 Å². The van der Waals surface area contributed by atoms with E-state index in [4.69, 9.17) is 23.7 Å². The van der Waals surface area contributed by atoms with Crippen LogP contribution in [-0.4, -0.2) is 93.8 Å². The van der Waals surface area contributed by atoms with Crippen LogP contribution in [0.2, 0.25) is 0 Å². The van der Waals surface area contributed by atoms with Crippen molar-refractivity contribution in [1.82, 2.24) is 15.1 Å². The van der Waals surface area contributed by atoms with E-state index < -0.39 is 6.04 Å². The predicted octanol–water partition coefficient (Wildman–Crippen LogP) is 4.22. The number of hydrogen-bond acceptors (Lipinski definition) is 8. The van der Waals surface area contributed by atoms with Crippen LogP contribution in [0.1, 0.15) is 40.7 Å². The average molecular weight is 646 g/mol. The number of aryl methyl sites for hydroxylation is 1. The fourth-order valence-corrected chi connectivity index (χ4v) is 5.90. The number of nitrogens with one attached hydrogen (secondary N) is 1. The first-order valence-corrected chi connectivity index (χ1v) is 15.9. The molecule has 3 aromatic rings. The Balaban J connectivity index is 1.41. The van der Waals surface area contributed by atoms with E-state index in [1.165, 1.54) is 0 Å². The van der Waals surface area contributed by atoms with Gasteiger partial charge in [0.05, 0.1) is 39.5 Å². The number of likely N-dealkylation sites (tertiary alicyclic amines) is 1. The van der Waals surface area contributed by atoms with Gasteiger partial charge in [0.2, 0.25) is 11.8 Å². The van der Waals surface area contributed by atoms with E-state index in [0.717, 1.165) is 11.1 Å². The summed E-state index contributed by atoms with van der Waals surface area (Å²) in [4.78, 5) is 43.8. The number of piperidine rings is 1. The Kier molecular flexibility index (Phi) is 11.7. The summed E-state index contributed by atoms with van der Waals surface area (Å²) < 4.78 is 28.7. The third kappa shape index (κ3) is 9.02. The molecule has 1 fully saturated rings. The maximum Gasteiger partial charge on any atom is 0.254 e. The highest BCUT2D eigenvalue weighted by Crippen LogP contribution is 2.33. The number of carbonyl (C=O) groups is 3. The molecular formula is C36H43N3O8. The molecule has 0 radical (unpaired) electrons. The monoisotopic (exact) mass is 645 g/mol. The summed E-state index contributed by atoms with van der Waals surface area (Å²) in [5.74, 6) is 1.72. The minimum absolute atomic E-state index is 0.117. The highest BCUT2D eigenvalue weighted by molar-refractivity contribution is 5.94. The quantitative estimate of drug-likeness (QED) is 0.380. The number of carbonyl (C=O) groups excluding carboxylic acids is 3. The molecule has 3 aliphatic heterocycles. The lowest BCUT2D eigenvalue weighted by molar-refractivity contribution is -0.137. The normalized spacial score (nSPS) is 19.0. The van der Waals surface area contributed by atoms with Gasteiger partial charge in [-0.2, -0.15) is 0 Å². The number of fused-ring (bicyclic) bond motifs is 9. The van der Waals surface area contributed by atoms with E-state index >= 15 is 0 Å². The first-order valence-electron chi connectivity index (χ1n) is 15.9. The maximum absolute atomic E-state index is 13.6. The molecule has 2 atom stereocenters. The topological polar surface area (TPSA) is 116 Å². The van der Waals surface area contributed by atoms with E-state index in [1.54, 1.807) is 55.4 Å². The standard InChI is InChI=1S/C36H43N3O8/c1-43-18-6-16-38-23-34(40)37-30-22-39(36(42)27-8-5-9-28(21-27)44-2)17-15-31(30)46-24-26-7-4-10-29(19-26)47-32-13-11-25(12-14-35(38)41)20-33(32)45-3/h4-5,7-11,13,19-21,30-31H,6,12,14-18,22-24H2,1-3H3,(H,37,40)/t30-,31+/m0/s1. The molecule has 4 bridgehead atoms. The number of methoxy groups -OCH3 is 3. The number of ether oxygens (including phenoxy) is 5. The second-order valence-electron chi connectivity index (χ2n) is 11.7. The van der Waals surface area contributed by atoms with Crippen molar-refractivity contribution in [2.24, 2.45) is 0 Å². The molecule has 3 aromatic carbocycles. The van der Waals surface area contributed by atoms with Gasteiger partial charge in [-0.3, -0.25) is 14.4 Å². The summed E-state index contributed by atoms with van der Waals surface area (Å²) in [6.07, 6.45) is 1.41. The van der Waals surface area contributed by atoms with Crippen molar-refractivity contribution >= 4 is 17.7 Å². The van der Waals surface area contributed by atoms with Gasteiger partial charge >= 0.3 is 0 Å². The second-order valence-corrected chi connectivity index (χ2v) is 11.7. The summed E-state index contributed by atoms with van der Waals surface area (Å²) in [6, 6.07) is 19.8. The van der Waals surface area contributed by atoms with Crippen molar-refractivity contribution in [3.63, 3.8) is 0 Å². The lowest BCUT2D eigenvalue weighted by Gasteiger charge is -2.39. The molecule has 6 rings (SSSR count). The van der Waals surface area contributed by atoms with Crippen molar-refractivity contribution in [2.75, 3.05) is 54.1 Å². The zero-order valence-corrected chi connectivity index (χ0v) is 27.2. The van der Waals surface area contributed by atoms with Crippen molar-refractivity contribution in [2.45, 2.75) is 44.4 Å². The Labute approximate surface area is 275 Å². The highest BCUT2D eigenvalue weighted by Gasteiger charge is 2.34. The van der Waals surface area contributed by atoms with Crippen molar-refractivity contribution in [1.29, 1.82) is 0 Å². The first-order chi connectivity index (χ1) is 22.9. The molecule has 11 nitrogen and oxygen atoms in total. The minimum Gasteiger partial charge on any atom is -0.497 e. The molecule has 0 aliphatic carbocycles. The van der Waals surface area contributed by atoms with Gasteiger partial charge < -0.3 is 38.8 Å². The Bertz CT molecular complexity index is 1550. The maximum atomic E-state index is 13.6. The summed E-state index contributed by atoms with van der Waals surface area (Å²) in [5, 5.41) is 3.10. The van der Waals surface area contributed by atoms with Gasteiger partial charge in [-0.1, -0.05) is 24.3 Å². The van der Waals surface area contributed by atoms with Gasteiger partial charge in [-0.05, 0) is 72.9 Å². The summed E-state index contributed by atoms with van der Waals surface area (Å²) in [5.41, 5.74) is 2.31. The van der Waals surface area contributed by atoms with Gasteiger partial charge in [0.15, 0.2) is 11.5 Å². The summed E-state index contributed by atoms with van der Waals surface area (Å²) in [7, 11) is 4.75. The summed E-state index contributed by atoms with van der Waals surface area (Å²) in [6.45, 7) is 1.69. The highest BCUT2D eigenvalue weighted by atomic mass is 16.5. The van der Waals surface area contributed by atoms with Gasteiger partial charge in [0.25, 0.3) is 5.91 Å². The fraction of sp³-hybridized carbons (Fsp3) is 0.417. The molecule has 3 aliphatic rings. The number of rotatable bonds is 7. The third-order valence-electron chi connectivity index (χ3n) is 8.41. The lowest BCUT2D eigenvalue weighted by atomic mass is 10.0. The lowest BCUT2D eigenvalue weighted by Crippen LogP contribution is -2.58. The molecular weight excluding hydrogens is 602 g/mol. The Morgan fingerprint density at radius 3 is 2.62 bits per heavy atom. The second kappa shape index (κ2) is 16.3. The van der Waals surface area contributed by atoms with E-state index in [1.807, 2.05) is 42.5 Å². The molecule has 11 heteroatoms. The largest absolute Gasteiger partial charge is 0.497 e. The zero-order valence-electron chi connectivity index (χ0n) is 27.2. The van der Waals surface area contributed by atoms with E-state index in [-0.39, 0.29) is 49.9 Å². The smallest absolute Gasteiger partial charge is 0.254 e. The molecule has 1 saturated heterocycles. The molecule has 0 unspecified atom stereocenters. The van der Waals surface area contributed by atoms with Crippen molar-refractivity contribution in [3.05, 3.63) is 83.4 Å². The van der Waals surface area contributed by atoms with Crippen LogP contribution in [0.3, 0.4) is 0 Å². The van der Waals surface area contributed by atoms with Crippen molar-refractivity contribution < 1.29 is 38.1 Å². The molecule has 47 heavy (non-hydrogen) atoms. The number of hydrogen-bond donors (Lipinski definition) is 1. The van der Waals surface area contributed by atoms with Crippen molar-refractivity contribution in [3.8, 4) is 23.0 Å². The van der Waals surface area contributed by atoms with Crippen LogP contribution >= 0.6 is 0 Å². The number of amides is 3. The van der Waals surface area contributed by atoms with Crippen LogP contribution in [0.4, 0.5) is 0 Å². The van der Waals surface area contributed by atoms with Gasteiger partial charge in [-0.25, -0.2) is 0 Å². The third-order valence-corrected chi connectivity index (χ3v) is 8.41. The molecule has 3 amide bonds. The molecule has 0 spiro atoms. The van der Waals surface area contributed by atoms with E-state index in [9.17, 15) is 14.4 Å². The number of nitrogens with zero attached hydrogens (tertiary/aromatic N) is 2. The Morgan fingerprint density at radius 1 is 0.957 bits per heavy atom. The van der Waals surface area contributed by atoms with Gasteiger partial charge in [0.1, 0.15) is 11.5 Å². The summed E-state index contributed by atoms with van der Waals surface area (Å²) >= 11 is 0. The van der Waals surface area contributed by atoms with E-state index in [2.05, 4.69) is 5.32 Å². The Morgan fingerprint density at radius 2 is 1.81 bits per heavy atom. The van der Waals surface area contributed by atoms with E-state index in [0.29, 0.717) is 67.5 Å². The van der Waals surface area contributed by atoms with Crippen LogP contribution in [0, 0.1) is 0 Å². The van der Waals surface area contributed by atoms with Gasteiger partial charge in [-0.15, -0.1) is 0 Å². The molecule has 0 aromatic heterocycles. The molecule has 250 valence electrons. The average Bonchev–Trinajstić information content (AvgIpc) is 3.09. The van der Waals surface area contributed by atoms with Crippen LogP contribution < -0.4 is 19.5 Å². The van der Waals surface area contributed by atoms with Crippen LogP contribution in [0.25, 0.3) is 0 Å².